The third-order valence-electron chi connectivity index (χ3n) is 3.23. The van der Waals surface area contributed by atoms with Gasteiger partial charge in [-0.05, 0) is 35.5 Å². The van der Waals surface area contributed by atoms with E-state index in [1.807, 2.05) is 27.0 Å². The molecule has 0 aliphatic rings. The highest BCUT2D eigenvalue weighted by molar-refractivity contribution is 9.10. The van der Waals surface area contributed by atoms with Gasteiger partial charge in [-0.2, -0.15) is 5.10 Å². The summed E-state index contributed by atoms with van der Waals surface area (Å²) >= 11 is 3.48. The molecule has 114 valence electrons. The van der Waals surface area contributed by atoms with Gasteiger partial charge in [-0.3, -0.25) is 4.68 Å². The SMILES string of the molecule is CCNCc1cccc(F)c1OCc1c(Br)c(C)nn1C. The molecule has 1 heterocycles. The van der Waals surface area contributed by atoms with Crippen molar-refractivity contribution in [3.05, 3.63) is 45.4 Å². The zero-order chi connectivity index (χ0) is 15.4. The molecule has 0 saturated carbocycles. The summed E-state index contributed by atoms with van der Waals surface area (Å²) in [5, 5.41) is 7.48. The van der Waals surface area contributed by atoms with Crippen molar-refractivity contribution >= 4 is 15.9 Å². The molecule has 1 aromatic heterocycles. The number of aromatic nitrogens is 2. The number of rotatable bonds is 6. The Morgan fingerprint density at radius 2 is 2.19 bits per heavy atom. The van der Waals surface area contributed by atoms with E-state index in [1.165, 1.54) is 6.07 Å². The molecule has 6 heteroatoms. The molecule has 0 unspecified atom stereocenters. The Morgan fingerprint density at radius 1 is 1.43 bits per heavy atom. The molecule has 4 nitrogen and oxygen atoms in total. The maximum Gasteiger partial charge on any atom is 0.165 e. The van der Waals surface area contributed by atoms with Crippen molar-refractivity contribution in [1.29, 1.82) is 0 Å². The molecule has 21 heavy (non-hydrogen) atoms. The smallest absolute Gasteiger partial charge is 0.165 e. The Morgan fingerprint density at radius 3 is 2.81 bits per heavy atom. The topological polar surface area (TPSA) is 39.1 Å². The van der Waals surface area contributed by atoms with Crippen LogP contribution in [0.4, 0.5) is 4.39 Å². The highest BCUT2D eigenvalue weighted by Crippen LogP contribution is 2.26. The minimum atomic E-state index is -0.347. The summed E-state index contributed by atoms with van der Waals surface area (Å²) in [7, 11) is 1.84. The lowest BCUT2D eigenvalue weighted by Gasteiger charge is -2.13. The molecule has 0 amide bonds. The van der Waals surface area contributed by atoms with Crippen LogP contribution in [0.25, 0.3) is 0 Å². The quantitative estimate of drug-likeness (QED) is 0.863. The van der Waals surface area contributed by atoms with Gasteiger partial charge in [-0.25, -0.2) is 4.39 Å². The van der Waals surface area contributed by atoms with Crippen LogP contribution in [0.1, 0.15) is 23.9 Å². The van der Waals surface area contributed by atoms with Crippen LogP contribution >= 0.6 is 15.9 Å². The lowest BCUT2D eigenvalue weighted by molar-refractivity contribution is 0.275. The van der Waals surface area contributed by atoms with Crippen LogP contribution in [0.15, 0.2) is 22.7 Å². The number of aryl methyl sites for hydroxylation is 2. The van der Waals surface area contributed by atoms with Gasteiger partial charge in [0.05, 0.1) is 15.9 Å². The molecule has 0 bridgehead atoms. The van der Waals surface area contributed by atoms with Gasteiger partial charge in [0.1, 0.15) is 6.61 Å². The standard InChI is InChI=1S/C15H19BrFN3O/c1-4-18-8-11-6-5-7-12(17)15(11)21-9-13-14(16)10(2)19-20(13)3/h5-7,18H,4,8-9H2,1-3H3. The van der Waals surface area contributed by atoms with E-state index in [4.69, 9.17) is 4.74 Å². The largest absolute Gasteiger partial charge is 0.484 e. The summed E-state index contributed by atoms with van der Waals surface area (Å²) in [4.78, 5) is 0. The molecule has 0 spiro atoms. The summed E-state index contributed by atoms with van der Waals surface area (Å²) in [5.74, 6) is -0.0513. The predicted octanol–water partition coefficient (Wildman–Crippen LogP) is 3.32. The van der Waals surface area contributed by atoms with Crippen LogP contribution in [0.2, 0.25) is 0 Å². The van der Waals surface area contributed by atoms with Crippen molar-refractivity contribution in [2.75, 3.05) is 6.54 Å². The molecule has 0 saturated heterocycles. The molecule has 0 aliphatic carbocycles. The van der Waals surface area contributed by atoms with Gasteiger partial charge in [0.2, 0.25) is 0 Å². The molecule has 0 aliphatic heterocycles. The summed E-state index contributed by atoms with van der Waals surface area (Å²) in [6.45, 7) is 5.58. The summed E-state index contributed by atoms with van der Waals surface area (Å²) in [6.07, 6.45) is 0. The first-order valence-electron chi connectivity index (χ1n) is 6.83. The van der Waals surface area contributed by atoms with E-state index in [0.29, 0.717) is 12.3 Å². The summed E-state index contributed by atoms with van der Waals surface area (Å²) < 4.78 is 22.4. The Labute approximate surface area is 132 Å². The van der Waals surface area contributed by atoms with E-state index in [0.717, 1.165) is 28.0 Å². The van der Waals surface area contributed by atoms with Crippen molar-refractivity contribution in [2.45, 2.75) is 27.0 Å². The normalized spacial score (nSPS) is 10.9. The number of nitrogens with one attached hydrogen (secondary N) is 1. The fourth-order valence-electron chi connectivity index (χ4n) is 2.09. The van der Waals surface area contributed by atoms with Crippen LogP contribution in [0.5, 0.6) is 5.75 Å². The van der Waals surface area contributed by atoms with Gasteiger partial charge in [0.15, 0.2) is 11.6 Å². The maximum atomic E-state index is 14.0. The number of hydrogen-bond donors (Lipinski definition) is 1. The Kier molecular flexibility index (Phi) is 5.36. The van der Waals surface area contributed by atoms with Crippen molar-refractivity contribution < 1.29 is 9.13 Å². The average Bonchev–Trinajstić information content (AvgIpc) is 2.69. The van der Waals surface area contributed by atoms with Crippen molar-refractivity contribution in [3.63, 3.8) is 0 Å². The van der Waals surface area contributed by atoms with E-state index in [-0.39, 0.29) is 12.4 Å². The average molecular weight is 356 g/mol. The first-order valence-corrected chi connectivity index (χ1v) is 7.62. The van der Waals surface area contributed by atoms with Crippen LogP contribution in [0, 0.1) is 12.7 Å². The van der Waals surface area contributed by atoms with Crippen LogP contribution < -0.4 is 10.1 Å². The zero-order valence-electron chi connectivity index (χ0n) is 12.4. The van der Waals surface area contributed by atoms with Crippen molar-refractivity contribution in [3.8, 4) is 5.75 Å². The number of hydrogen-bond acceptors (Lipinski definition) is 3. The first kappa shape index (κ1) is 16.0. The van der Waals surface area contributed by atoms with E-state index < -0.39 is 0 Å². The minimum Gasteiger partial charge on any atom is -0.484 e. The Balaban J connectivity index is 2.19. The third-order valence-corrected chi connectivity index (χ3v) is 4.26. The van der Waals surface area contributed by atoms with E-state index >= 15 is 0 Å². The number of para-hydroxylation sites is 1. The highest BCUT2D eigenvalue weighted by Gasteiger charge is 2.14. The maximum absolute atomic E-state index is 14.0. The summed E-state index contributed by atoms with van der Waals surface area (Å²) in [5.41, 5.74) is 2.58. The number of nitrogens with zero attached hydrogens (tertiary/aromatic N) is 2. The van der Waals surface area contributed by atoms with Gasteiger partial charge < -0.3 is 10.1 Å². The first-order chi connectivity index (χ1) is 10.0. The van der Waals surface area contributed by atoms with Gasteiger partial charge in [-0.15, -0.1) is 0 Å². The van der Waals surface area contributed by atoms with Crippen LogP contribution in [0.3, 0.4) is 0 Å². The van der Waals surface area contributed by atoms with E-state index in [2.05, 4.69) is 26.3 Å². The van der Waals surface area contributed by atoms with E-state index in [9.17, 15) is 4.39 Å². The zero-order valence-corrected chi connectivity index (χ0v) is 14.0. The Hall–Kier alpha value is -1.40. The molecule has 1 aromatic carbocycles. The molecule has 2 rings (SSSR count). The van der Waals surface area contributed by atoms with E-state index in [1.54, 1.807) is 10.7 Å². The number of ether oxygens (including phenoxy) is 1. The van der Waals surface area contributed by atoms with Crippen molar-refractivity contribution in [2.24, 2.45) is 7.05 Å². The van der Waals surface area contributed by atoms with Gasteiger partial charge in [0, 0.05) is 19.2 Å². The predicted molar refractivity (Wildman–Crippen MR) is 83.8 cm³/mol. The fourth-order valence-corrected chi connectivity index (χ4v) is 2.54. The second-order valence-electron chi connectivity index (χ2n) is 4.77. The number of benzene rings is 1. The second kappa shape index (κ2) is 7.04. The van der Waals surface area contributed by atoms with Crippen LogP contribution in [-0.4, -0.2) is 16.3 Å². The lowest BCUT2D eigenvalue weighted by Crippen LogP contribution is -2.14. The molecule has 2 aromatic rings. The summed E-state index contributed by atoms with van der Waals surface area (Å²) in [6, 6.07) is 4.97. The molecule has 0 atom stereocenters. The van der Waals surface area contributed by atoms with Gasteiger partial charge >= 0.3 is 0 Å². The fraction of sp³-hybridized carbons (Fsp3) is 0.400. The third kappa shape index (κ3) is 3.63. The minimum absolute atomic E-state index is 0.262. The molecule has 0 fully saturated rings. The molecule has 1 N–H and O–H groups in total. The number of halogens is 2. The highest BCUT2D eigenvalue weighted by atomic mass is 79.9. The van der Waals surface area contributed by atoms with Gasteiger partial charge in [0.25, 0.3) is 0 Å². The molecule has 0 radical (unpaired) electrons. The van der Waals surface area contributed by atoms with Gasteiger partial charge in [-0.1, -0.05) is 19.1 Å². The molecular formula is C15H19BrFN3O. The van der Waals surface area contributed by atoms with Crippen LogP contribution in [-0.2, 0) is 20.2 Å². The second-order valence-corrected chi connectivity index (χ2v) is 5.56. The monoisotopic (exact) mass is 355 g/mol. The lowest BCUT2D eigenvalue weighted by atomic mass is 10.2. The molecular weight excluding hydrogens is 337 g/mol. The van der Waals surface area contributed by atoms with Crippen molar-refractivity contribution in [1.82, 2.24) is 15.1 Å². The Bertz CT molecular complexity index is 628.